The molecule has 2 rings (SSSR count). The first kappa shape index (κ1) is 15.8. The molecule has 0 aliphatic rings. The van der Waals surface area contributed by atoms with E-state index in [2.05, 4.69) is 15.5 Å². The zero-order chi connectivity index (χ0) is 15.6. The van der Waals surface area contributed by atoms with E-state index in [-0.39, 0.29) is 5.01 Å². The van der Waals surface area contributed by atoms with Crippen LogP contribution in [0.2, 0.25) is 0 Å². The van der Waals surface area contributed by atoms with Gasteiger partial charge in [0.2, 0.25) is 5.82 Å². The van der Waals surface area contributed by atoms with E-state index < -0.39 is 34.6 Å². The molecule has 21 heavy (non-hydrogen) atoms. The van der Waals surface area contributed by atoms with E-state index in [0.29, 0.717) is 24.4 Å². The molecule has 0 saturated heterocycles. The second-order valence-corrected chi connectivity index (χ2v) is 5.22. The van der Waals surface area contributed by atoms with Crippen molar-refractivity contribution in [1.82, 2.24) is 15.5 Å². The molecular weight excluding hydrogens is 313 g/mol. The number of nitrogens with zero attached hydrogens (tertiary/aromatic N) is 2. The Labute approximate surface area is 120 Å². The molecule has 0 aliphatic carbocycles. The summed E-state index contributed by atoms with van der Waals surface area (Å²) in [5, 5.41) is 10.3. The van der Waals surface area contributed by atoms with Gasteiger partial charge >= 0.3 is 0 Å². The number of nitrogens with one attached hydrogen (secondary N) is 1. The smallest absolute Gasteiger partial charge is 0.200 e. The summed E-state index contributed by atoms with van der Waals surface area (Å²) in [7, 11) is 1.76. The van der Waals surface area contributed by atoms with Crippen LogP contribution in [0.3, 0.4) is 0 Å². The molecule has 1 heterocycles. The van der Waals surface area contributed by atoms with Crippen LogP contribution in [0.4, 0.5) is 22.0 Å². The molecule has 114 valence electrons. The van der Waals surface area contributed by atoms with Crippen molar-refractivity contribution in [1.29, 1.82) is 0 Å². The van der Waals surface area contributed by atoms with Crippen molar-refractivity contribution < 1.29 is 22.0 Å². The minimum absolute atomic E-state index is 0.331. The monoisotopic (exact) mass is 323 g/mol. The summed E-state index contributed by atoms with van der Waals surface area (Å²) in [4.78, 5) is 0. The molecular formula is C12H10F5N3S. The summed E-state index contributed by atoms with van der Waals surface area (Å²) >= 11 is 0.802. The lowest BCUT2D eigenvalue weighted by Crippen LogP contribution is -2.08. The Balaban J connectivity index is 2.39. The molecule has 1 N–H and O–H groups in total. The summed E-state index contributed by atoms with van der Waals surface area (Å²) in [6.45, 7) is 0.706. The summed E-state index contributed by atoms with van der Waals surface area (Å²) in [6.07, 6.45) is 1.20. The topological polar surface area (TPSA) is 37.8 Å². The highest BCUT2D eigenvalue weighted by molar-refractivity contribution is 7.14. The van der Waals surface area contributed by atoms with Gasteiger partial charge in [-0.3, -0.25) is 0 Å². The summed E-state index contributed by atoms with van der Waals surface area (Å²) in [6, 6.07) is 0. The average Bonchev–Trinajstić information content (AvgIpc) is 2.92. The van der Waals surface area contributed by atoms with Gasteiger partial charge in [0.25, 0.3) is 0 Å². The van der Waals surface area contributed by atoms with Crippen LogP contribution in [0.25, 0.3) is 10.6 Å². The fraction of sp³-hybridized carbons (Fsp3) is 0.333. The van der Waals surface area contributed by atoms with Gasteiger partial charge in [0.1, 0.15) is 5.01 Å². The van der Waals surface area contributed by atoms with Crippen molar-refractivity contribution >= 4 is 11.3 Å². The van der Waals surface area contributed by atoms with Crippen LogP contribution in [-0.4, -0.2) is 23.8 Å². The van der Waals surface area contributed by atoms with Crippen LogP contribution in [0, 0.1) is 29.1 Å². The molecule has 0 saturated carbocycles. The second kappa shape index (κ2) is 6.44. The predicted octanol–water partition coefficient (Wildman–Crippen LogP) is 3.05. The number of benzene rings is 1. The van der Waals surface area contributed by atoms with Crippen molar-refractivity contribution in [3.8, 4) is 10.6 Å². The van der Waals surface area contributed by atoms with Gasteiger partial charge in [0.15, 0.2) is 28.3 Å². The van der Waals surface area contributed by atoms with Gasteiger partial charge in [-0.1, -0.05) is 11.3 Å². The zero-order valence-corrected chi connectivity index (χ0v) is 11.6. The van der Waals surface area contributed by atoms with Gasteiger partial charge in [0, 0.05) is 6.42 Å². The average molecular weight is 323 g/mol. The molecule has 1 aromatic carbocycles. The summed E-state index contributed by atoms with van der Waals surface area (Å²) in [5.74, 6) is -9.96. The second-order valence-electron chi connectivity index (χ2n) is 4.15. The van der Waals surface area contributed by atoms with Crippen LogP contribution < -0.4 is 5.32 Å². The largest absolute Gasteiger partial charge is 0.320 e. The summed E-state index contributed by atoms with van der Waals surface area (Å²) < 4.78 is 66.4. The molecule has 0 spiro atoms. The Bertz CT molecular complexity index is 630. The molecule has 0 radical (unpaired) electrons. The molecule has 0 aliphatic heterocycles. The maximum Gasteiger partial charge on any atom is 0.200 e. The molecule has 0 bridgehead atoms. The number of rotatable bonds is 5. The van der Waals surface area contributed by atoms with E-state index in [1.54, 1.807) is 7.05 Å². The van der Waals surface area contributed by atoms with Crippen LogP contribution in [0.5, 0.6) is 0 Å². The van der Waals surface area contributed by atoms with Crippen molar-refractivity contribution in [3.05, 3.63) is 34.1 Å². The molecule has 1 aromatic heterocycles. The van der Waals surface area contributed by atoms with E-state index in [1.165, 1.54) is 0 Å². The van der Waals surface area contributed by atoms with Crippen molar-refractivity contribution in [2.75, 3.05) is 13.6 Å². The third kappa shape index (κ3) is 3.03. The van der Waals surface area contributed by atoms with Gasteiger partial charge in [-0.2, -0.15) is 0 Å². The highest BCUT2D eigenvalue weighted by Gasteiger charge is 2.28. The number of hydrogen-bond donors (Lipinski definition) is 1. The van der Waals surface area contributed by atoms with Gasteiger partial charge in [-0.15, -0.1) is 10.2 Å². The number of aryl methyl sites for hydroxylation is 1. The first-order valence-electron chi connectivity index (χ1n) is 5.96. The minimum atomic E-state index is -2.19. The van der Waals surface area contributed by atoms with Gasteiger partial charge < -0.3 is 5.32 Å². The van der Waals surface area contributed by atoms with Crippen LogP contribution >= 0.6 is 11.3 Å². The van der Waals surface area contributed by atoms with Crippen molar-refractivity contribution in [3.63, 3.8) is 0 Å². The Morgan fingerprint density at radius 3 is 2.05 bits per heavy atom. The van der Waals surface area contributed by atoms with Gasteiger partial charge in [-0.05, 0) is 20.0 Å². The fourth-order valence-electron chi connectivity index (χ4n) is 1.66. The first-order valence-corrected chi connectivity index (χ1v) is 6.77. The van der Waals surface area contributed by atoms with Gasteiger partial charge in [-0.25, -0.2) is 22.0 Å². The predicted molar refractivity (Wildman–Crippen MR) is 67.4 cm³/mol. The fourth-order valence-corrected chi connectivity index (χ4v) is 2.58. The van der Waals surface area contributed by atoms with E-state index in [4.69, 9.17) is 0 Å². The van der Waals surface area contributed by atoms with Crippen LogP contribution in [0.15, 0.2) is 0 Å². The normalized spacial score (nSPS) is 11.1. The Hall–Kier alpha value is -1.61. The Morgan fingerprint density at radius 2 is 1.48 bits per heavy atom. The van der Waals surface area contributed by atoms with Crippen molar-refractivity contribution in [2.24, 2.45) is 0 Å². The van der Waals surface area contributed by atoms with E-state index >= 15 is 0 Å². The lowest BCUT2D eigenvalue weighted by atomic mass is 10.2. The third-order valence-corrected chi connectivity index (χ3v) is 3.71. The molecule has 9 heteroatoms. The molecule has 0 fully saturated rings. The van der Waals surface area contributed by atoms with Crippen LogP contribution in [0.1, 0.15) is 11.4 Å². The highest BCUT2D eigenvalue weighted by atomic mass is 32.1. The number of hydrogen-bond acceptors (Lipinski definition) is 4. The van der Waals surface area contributed by atoms with E-state index in [0.717, 1.165) is 11.3 Å². The third-order valence-electron chi connectivity index (χ3n) is 2.71. The quantitative estimate of drug-likeness (QED) is 0.398. The molecule has 2 aromatic rings. The maximum atomic E-state index is 13.6. The molecule has 0 atom stereocenters. The zero-order valence-electron chi connectivity index (χ0n) is 10.8. The van der Waals surface area contributed by atoms with E-state index in [9.17, 15) is 22.0 Å². The highest BCUT2D eigenvalue weighted by Crippen LogP contribution is 2.33. The van der Waals surface area contributed by atoms with E-state index in [1.807, 2.05) is 0 Å². The SMILES string of the molecule is CNCCCc1nnc(-c2c(F)c(F)c(F)c(F)c2F)s1. The maximum absolute atomic E-state index is 13.6. The van der Waals surface area contributed by atoms with Crippen molar-refractivity contribution in [2.45, 2.75) is 12.8 Å². The summed E-state index contributed by atoms with van der Waals surface area (Å²) in [5.41, 5.74) is -1.04. The minimum Gasteiger partial charge on any atom is -0.320 e. The Kier molecular flexibility index (Phi) is 4.84. The molecule has 0 amide bonds. The lowest BCUT2D eigenvalue weighted by molar-refractivity contribution is 0.381. The van der Waals surface area contributed by atoms with Crippen LogP contribution in [-0.2, 0) is 6.42 Å². The Morgan fingerprint density at radius 1 is 0.905 bits per heavy atom. The number of aromatic nitrogens is 2. The number of halogens is 5. The standard InChI is InChI=1S/C12H10F5N3S/c1-18-4-2-3-5-19-20-12(21-5)6-7(13)9(15)11(17)10(16)8(6)14/h18H,2-4H2,1H3. The molecule has 3 nitrogen and oxygen atoms in total. The lowest BCUT2D eigenvalue weighted by Gasteiger charge is -2.04. The molecule has 0 unspecified atom stereocenters. The van der Waals surface area contributed by atoms with Gasteiger partial charge in [0.05, 0.1) is 5.56 Å². The first-order chi connectivity index (χ1) is 9.97.